The van der Waals surface area contributed by atoms with Crippen molar-refractivity contribution in [3.8, 4) is 0 Å². The van der Waals surface area contributed by atoms with Crippen LogP contribution in [-0.2, 0) is 12.8 Å². The third-order valence-electron chi connectivity index (χ3n) is 3.88. The van der Waals surface area contributed by atoms with Crippen molar-refractivity contribution >= 4 is 11.9 Å². The zero-order valence-corrected chi connectivity index (χ0v) is 13.7. The number of hydrogen-bond acceptors (Lipinski definition) is 2. The second kappa shape index (κ2) is 8.57. The SMILES string of the molecule is CCCCCc1ccc(C(=O)O)c(C(=O)O)c1CCC(C)C. The van der Waals surface area contributed by atoms with Crippen LogP contribution in [0.2, 0.25) is 0 Å². The maximum atomic E-state index is 11.6. The summed E-state index contributed by atoms with van der Waals surface area (Å²) in [6, 6.07) is 3.23. The normalized spacial score (nSPS) is 10.9. The van der Waals surface area contributed by atoms with Crippen LogP contribution >= 0.6 is 0 Å². The van der Waals surface area contributed by atoms with Gasteiger partial charge in [0.2, 0.25) is 0 Å². The highest BCUT2D eigenvalue weighted by atomic mass is 16.4. The van der Waals surface area contributed by atoms with E-state index in [1.165, 1.54) is 6.07 Å². The molecular formula is C18H26O4. The molecule has 0 aliphatic carbocycles. The lowest BCUT2D eigenvalue weighted by Gasteiger charge is -2.16. The highest BCUT2D eigenvalue weighted by Gasteiger charge is 2.22. The fraction of sp³-hybridized carbons (Fsp3) is 0.556. The molecule has 22 heavy (non-hydrogen) atoms. The molecule has 0 saturated carbocycles. The van der Waals surface area contributed by atoms with E-state index in [-0.39, 0.29) is 11.1 Å². The van der Waals surface area contributed by atoms with E-state index in [2.05, 4.69) is 20.8 Å². The maximum Gasteiger partial charge on any atom is 0.336 e. The number of rotatable bonds is 9. The second-order valence-corrected chi connectivity index (χ2v) is 6.13. The zero-order valence-electron chi connectivity index (χ0n) is 13.7. The molecule has 0 aliphatic heterocycles. The second-order valence-electron chi connectivity index (χ2n) is 6.13. The lowest BCUT2D eigenvalue weighted by Crippen LogP contribution is -2.14. The van der Waals surface area contributed by atoms with Crippen LogP contribution in [0.4, 0.5) is 0 Å². The zero-order chi connectivity index (χ0) is 16.7. The lowest BCUT2D eigenvalue weighted by molar-refractivity contribution is 0.0650. The summed E-state index contributed by atoms with van der Waals surface area (Å²) in [6.07, 6.45) is 5.46. The molecule has 0 spiro atoms. The molecule has 0 atom stereocenters. The van der Waals surface area contributed by atoms with Crippen LogP contribution in [0.1, 0.15) is 78.3 Å². The van der Waals surface area contributed by atoms with Gasteiger partial charge in [-0.3, -0.25) is 0 Å². The van der Waals surface area contributed by atoms with Gasteiger partial charge in [0.25, 0.3) is 0 Å². The Kier molecular flexibility index (Phi) is 7.09. The molecule has 0 aliphatic rings. The number of carboxylic acid groups (broad SMARTS) is 2. The third-order valence-corrected chi connectivity index (χ3v) is 3.88. The van der Waals surface area contributed by atoms with Gasteiger partial charge in [-0.05, 0) is 48.8 Å². The van der Waals surface area contributed by atoms with Gasteiger partial charge in [0.15, 0.2) is 0 Å². The van der Waals surface area contributed by atoms with Crippen LogP contribution in [-0.4, -0.2) is 22.2 Å². The van der Waals surface area contributed by atoms with Crippen molar-refractivity contribution < 1.29 is 19.8 Å². The molecule has 1 aromatic rings. The summed E-state index contributed by atoms with van der Waals surface area (Å²) in [5.41, 5.74) is 1.56. The first-order chi connectivity index (χ1) is 10.4. The Morgan fingerprint density at radius 2 is 1.73 bits per heavy atom. The number of aryl methyl sites for hydroxylation is 1. The first-order valence-corrected chi connectivity index (χ1v) is 7.99. The predicted molar refractivity (Wildman–Crippen MR) is 86.7 cm³/mol. The van der Waals surface area contributed by atoms with E-state index in [1.54, 1.807) is 6.07 Å². The summed E-state index contributed by atoms with van der Waals surface area (Å²) in [7, 11) is 0. The quantitative estimate of drug-likeness (QED) is 0.663. The molecule has 1 aromatic carbocycles. The Hall–Kier alpha value is -1.84. The Morgan fingerprint density at radius 3 is 2.23 bits per heavy atom. The summed E-state index contributed by atoms with van der Waals surface area (Å²) in [4.78, 5) is 22.9. The molecule has 0 unspecified atom stereocenters. The summed E-state index contributed by atoms with van der Waals surface area (Å²) in [5, 5.41) is 18.8. The van der Waals surface area contributed by atoms with Crippen molar-refractivity contribution in [3.05, 3.63) is 34.4 Å². The molecule has 122 valence electrons. The highest BCUT2D eigenvalue weighted by Crippen LogP contribution is 2.25. The van der Waals surface area contributed by atoms with Crippen LogP contribution in [0.3, 0.4) is 0 Å². The molecule has 0 aromatic heterocycles. The van der Waals surface area contributed by atoms with Crippen LogP contribution in [0, 0.1) is 5.92 Å². The fourth-order valence-electron chi connectivity index (χ4n) is 2.63. The van der Waals surface area contributed by atoms with Crippen LogP contribution in [0.5, 0.6) is 0 Å². The summed E-state index contributed by atoms with van der Waals surface area (Å²) < 4.78 is 0. The van der Waals surface area contributed by atoms with Crippen molar-refractivity contribution in [2.75, 3.05) is 0 Å². The minimum atomic E-state index is -1.18. The van der Waals surface area contributed by atoms with E-state index in [0.717, 1.165) is 37.7 Å². The van der Waals surface area contributed by atoms with Gasteiger partial charge < -0.3 is 10.2 Å². The highest BCUT2D eigenvalue weighted by molar-refractivity contribution is 6.03. The smallest absolute Gasteiger partial charge is 0.336 e. The first-order valence-electron chi connectivity index (χ1n) is 7.99. The van der Waals surface area contributed by atoms with Gasteiger partial charge in [0, 0.05) is 0 Å². The lowest BCUT2D eigenvalue weighted by atomic mass is 9.88. The molecule has 4 heteroatoms. The molecule has 0 fully saturated rings. The van der Waals surface area contributed by atoms with Gasteiger partial charge >= 0.3 is 11.9 Å². The summed E-state index contributed by atoms with van der Waals surface area (Å²) in [6.45, 7) is 6.28. The van der Waals surface area contributed by atoms with E-state index in [4.69, 9.17) is 0 Å². The first kappa shape index (κ1) is 18.2. The van der Waals surface area contributed by atoms with E-state index in [0.29, 0.717) is 17.9 Å². The number of unbranched alkanes of at least 4 members (excludes halogenated alkanes) is 2. The summed E-state index contributed by atoms with van der Waals surface area (Å²) >= 11 is 0. The average molecular weight is 306 g/mol. The molecule has 0 saturated heterocycles. The van der Waals surface area contributed by atoms with Crippen molar-refractivity contribution in [2.24, 2.45) is 5.92 Å². The third kappa shape index (κ3) is 4.86. The Bertz CT molecular complexity index is 532. The van der Waals surface area contributed by atoms with Gasteiger partial charge in [0.1, 0.15) is 0 Å². The van der Waals surface area contributed by atoms with E-state index >= 15 is 0 Å². The predicted octanol–water partition coefficient (Wildman–Crippen LogP) is 4.40. The van der Waals surface area contributed by atoms with Crippen molar-refractivity contribution in [1.82, 2.24) is 0 Å². The number of hydrogen-bond donors (Lipinski definition) is 2. The molecule has 2 N–H and O–H groups in total. The van der Waals surface area contributed by atoms with Gasteiger partial charge in [0.05, 0.1) is 11.1 Å². The Balaban J connectivity index is 3.27. The van der Waals surface area contributed by atoms with Crippen molar-refractivity contribution in [3.63, 3.8) is 0 Å². The van der Waals surface area contributed by atoms with Crippen molar-refractivity contribution in [1.29, 1.82) is 0 Å². The molecule has 4 nitrogen and oxygen atoms in total. The molecule has 0 heterocycles. The number of carbonyl (C=O) groups is 2. The maximum absolute atomic E-state index is 11.6. The standard InChI is InChI=1S/C18H26O4/c1-4-5-6-7-13-9-11-15(17(19)20)16(18(21)22)14(13)10-8-12(2)3/h9,11-12H,4-8,10H2,1-3H3,(H,19,20)(H,21,22). The fourth-order valence-corrected chi connectivity index (χ4v) is 2.63. The van der Waals surface area contributed by atoms with Crippen LogP contribution in [0.25, 0.3) is 0 Å². The molecular weight excluding hydrogens is 280 g/mol. The van der Waals surface area contributed by atoms with Crippen molar-refractivity contribution in [2.45, 2.75) is 59.3 Å². The van der Waals surface area contributed by atoms with Crippen LogP contribution in [0.15, 0.2) is 12.1 Å². The van der Waals surface area contributed by atoms with Gasteiger partial charge in [-0.15, -0.1) is 0 Å². The monoisotopic (exact) mass is 306 g/mol. The van der Waals surface area contributed by atoms with E-state index in [9.17, 15) is 19.8 Å². The van der Waals surface area contributed by atoms with Gasteiger partial charge in [-0.25, -0.2) is 9.59 Å². The topological polar surface area (TPSA) is 74.6 Å². The minimum absolute atomic E-state index is 0.0258. The van der Waals surface area contributed by atoms with Crippen LogP contribution < -0.4 is 0 Å². The Labute approximate surface area is 132 Å². The number of carboxylic acids is 2. The number of benzene rings is 1. The molecule has 1 rings (SSSR count). The minimum Gasteiger partial charge on any atom is -0.478 e. The largest absolute Gasteiger partial charge is 0.478 e. The molecule has 0 radical (unpaired) electrons. The summed E-state index contributed by atoms with van der Waals surface area (Å²) in [5.74, 6) is -1.88. The van der Waals surface area contributed by atoms with E-state index < -0.39 is 11.9 Å². The number of aromatic carboxylic acids is 2. The van der Waals surface area contributed by atoms with Gasteiger partial charge in [-0.1, -0.05) is 39.7 Å². The van der Waals surface area contributed by atoms with E-state index in [1.807, 2.05) is 0 Å². The Morgan fingerprint density at radius 1 is 1.05 bits per heavy atom. The average Bonchev–Trinajstić information content (AvgIpc) is 2.44. The van der Waals surface area contributed by atoms with Gasteiger partial charge in [-0.2, -0.15) is 0 Å². The molecule has 0 bridgehead atoms. The molecule has 0 amide bonds.